The van der Waals surface area contributed by atoms with Crippen LogP contribution in [0.3, 0.4) is 0 Å². The van der Waals surface area contributed by atoms with Crippen LogP contribution in [0.15, 0.2) is 48.8 Å². The van der Waals surface area contributed by atoms with Crippen LogP contribution in [0.1, 0.15) is 6.92 Å². The molecular formula is C16H18N4O4S. The van der Waals surface area contributed by atoms with Gasteiger partial charge in [-0.15, -0.1) is 0 Å². The number of pyridine rings is 1. The molecule has 1 aliphatic rings. The molecule has 1 atom stereocenters. The molecule has 0 saturated heterocycles. The summed E-state index contributed by atoms with van der Waals surface area (Å²) in [5.74, 6) is 0.159. The molecule has 0 spiro atoms. The van der Waals surface area contributed by atoms with Crippen molar-refractivity contribution in [3.05, 3.63) is 48.8 Å². The summed E-state index contributed by atoms with van der Waals surface area (Å²) in [4.78, 5) is 16.0. The molecule has 0 saturated carbocycles. The molecule has 0 radical (unpaired) electrons. The quantitative estimate of drug-likeness (QED) is 0.803. The Morgan fingerprint density at radius 1 is 1.32 bits per heavy atom. The van der Waals surface area contributed by atoms with Crippen molar-refractivity contribution in [1.82, 2.24) is 10.3 Å². The highest BCUT2D eigenvalue weighted by atomic mass is 32.2. The van der Waals surface area contributed by atoms with E-state index in [2.05, 4.69) is 15.0 Å². The van der Waals surface area contributed by atoms with Gasteiger partial charge in [0, 0.05) is 12.7 Å². The van der Waals surface area contributed by atoms with Gasteiger partial charge in [-0.05, 0) is 31.2 Å². The van der Waals surface area contributed by atoms with Gasteiger partial charge in [0.1, 0.15) is 5.75 Å². The molecule has 25 heavy (non-hydrogen) atoms. The van der Waals surface area contributed by atoms with Gasteiger partial charge in [0.15, 0.2) is 6.10 Å². The molecule has 1 aromatic carbocycles. The van der Waals surface area contributed by atoms with Crippen LogP contribution in [0.4, 0.5) is 11.4 Å². The largest absolute Gasteiger partial charge is 0.479 e. The molecule has 9 heteroatoms. The van der Waals surface area contributed by atoms with E-state index in [1.807, 2.05) is 0 Å². The molecule has 1 amide bonds. The maximum absolute atomic E-state index is 12.1. The molecule has 8 nitrogen and oxygen atoms in total. The summed E-state index contributed by atoms with van der Waals surface area (Å²) in [5, 5.41) is 2.68. The topological polar surface area (TPSA) is 101 Å². The summed E-state index contributed by atoms with van der Waals surface area (Å²) in [6.07, 6.45) is 2.41. The fourth-order valence-corrected chi connectivity index (χ4v) is 3.75. The Balaban J connectivity index is 1.55. The van der Waals surface area contributed by atoms with Crippen molar-refractivity contribution in [3.63, 3.8) is 0 Å². The minimum Gasteiger partial charge on any atom is -0.479 e. The molecule has 3 rings (SSSR count). The molecule has 0 aliphatic carbocycles. The van der Waals surface area contributed by atoms with Crippen LogP contribution >= 0.6 is 0 Å². The highest BCUT2D eigenvalue weighted by Gasteiger charge is 2.31. The van der Waals surface area contributed by atoms with E-state index in [0.717, 1.165) is 0 Å². The van der Waals surface area contributed by atoms with Gasteiger partial charge in [-0.25, -0.2) is 4.31 Å². The number of aromatic nitrogens is 1. The average Bonchev–Trinajstić information content (AvgIpc) is 2.85. The second-order valence-corrected chi connectivity index (χ2v) is 7.03. The number of nitrogens with one attached hydrogen (secondary N) is 2. The zero-order valence-electron chi connectivity index (χ0n) is 13.5. The summed E-state index contributed by atoms with van der Waals surface area (Å²) in [6.45, 7) is 1.90. The van der Waals surface area contributed by atoms with Crippen molar-refractivity contribution in [1.29, 1.82) is 0 Å². The van der Waals surface area contributed by atoms with Crippen molar-refractivity contribution >= 4 is 27.5 Å². The predicted molar refractivity (Wildman–Crippen MR) is 93.7 cm³/mol. The molecule has 0 fully saturated rings. The Morgan fingerprint density at radius 3 is 2.88 bits per heavy atom. The fourth-order valence-electron chi connectivity index (χ4n) is 2.44. The van der Waals surface area contributed by atoms with Crippen molar-refractivity contribution in [2.75, 3.05) is 22.1 Å². The number of anilines is 2. The Bertz CT molecular complexity index is 857. The van der Waals surface area contributed by atoms with Gasteiger partial charge in [0.25, 0.3) is 5.91 Å². The minimum absolute atomic E-state index is 0.123. The fraction of sp³-hybridized carbons (Fsp3) is 0.250. The average molecular weight is 362 g/mol. The van der Waals surface area contributed by atoms with E-state index in [1.165, 1.54) is 10.5 Å². The maximum atomic E-state index is 12.1. The zero-order valence-corrected chi connectivity index (χ0v) is 14.4. The number of amides is 1. The molecule has 2 heterocycles. The number of nitrogens with zero attached hydrogens (tertiary/aromatic N) is 2. The summed E-state index contributed by atoms with van der Waals surface area (Å²) < 4.78 is 33.5. The smallest absolute Gasteiger partial charge is 0.324 e. The highest BCUT2D eigenvalue weighted by molar-refractivity contribution is 7.94. The zero-order chi connectivity index (χ0) is 17.9. The molecule has 0 bridgehead atoms. The van der Waals surface area contributed by atoms with E-state index >= 15 is 0 Å². The van der Waals surface area contributed by atoms with E-state index in [0.29, 0.717) is 17.1 Å². The number of para-hydroxylation sites is 2. The van der Waals surface area contributed by atoms with E-state index < -0.39 is 16.3 Å². The second-order valence-electron chi connectivity index (χ2n) is 5.44. The van der Waals surface area contributed by atoms with Crippen LogP contribution in [0.2, 0.25) is 0 Å². The molecule has 132 valence electrons. The highest BCUT2D eigenvalue weighted by Crippen LogP contribution is 2.34. The van der Waals surface area contributed by atoms with Gasteiger partial charge in [0.05, 0.1) is 24.1 Å². The number of rotatable bonds is 6. The van der Waals surface area contributed by atoms with Crippen molar-refractivity contribution in [2.45, 2.75) is 13.0 Å². The first-order valence-corrected chi connectivity index (χ1v) is 9.15. The second kappa shape index (κ2) is 6.98. The van der Waals surface area contributed by atoms with Crippen LogP contribution in [0, 0.1) is 0 Å². The van der Waals surface area contributed by atoms with Gasteiger partial charge < -0.3 is 10.1 Å². The lowest BCUT2D eigenvalue weighted by molar-refractivity contribution is -0.127. The van der Waals surface area contributed by atoms with Gasteiger partial charge in [-0.2, -0.15) is 8.42 Å². The number of hydrogen-bond donors (Lipinski definition) is 2. The Morgan fingerprint density at radius 2 is 2.12 bits per heavy atom. The van der Waals surface area contributed by atoms with Crippen LogP contribution in [-0.2, 0) is 15.0 Å². The first-order valence-electron chi connectivity index (χ1n) is 7.71. The van der Waals surface area contributed by atoms with Gasteiger partial charge in [-0.1, -0.05) is 12.1 Å². The Hall–Kier alpha value is -2.81. The first-order chi connectivity index (χ1) is 12.0. The summed E-state index contributed by atoms with van der Waals surface area (Å²) in [6, 6.07) is 10.3. The molecule has 1 aromatic heterocycles. The van der Waals surface area contributed by atoms with Gasteiger partial charge >= 0.3 is 10.2 Å². The Labute approximate surface area is 146 Å². The number of hydrogen-bond acceptors (Lipinski definition) is 5. The first kappa shape index (κ1) is 17.0. The number of ether oxygens (including phenoxy) is 1. The summed E-state index contributed by atoms with van der Waals surface area (Å²) in [5.41, 5.74) is 1.10. The predicted octanol–water partition coefficient (Wildman–Crippen LogP) is 1.14. The summed E-state index contributed by atoms with van der Waals surface area (Å²) in [7, 11) is -3.62. The molecule has 0 unspecified atom stereocenters. The monoisotopic (exact) mass is 362 g/mol. The van der Waals surface area contributed by atoms with Crippen molar-refractivity contribution in [2.24, 2.45) is 0 Å². The van der Waals surface area contributed by atoms with Crippen LogP contribution in [0.25, 0.3) is 0 Å². The van der Waals surface area contributed by atoms with Crippen LogP contribution in [0.5, 0.6) is 5.75 Å². The molecule has 1 aliphatic heterocycles. The van der Waals surface area contributed by atoms with Gasteiger partial charge in [0.2, 0.25) is 0 Å². The third-order valence-corrected chi connectivity index (χ3v) is 5.07. The maximum Gasteiger partial charge on any atom is 0.324 e. The van der Waals surface area contributed by atoms with Crippen LogP contribution in [-0.4, -0.2) is 38.5 Å². The number of carbonyl (C=O) groups is 1. The van der Waals surface area contributed by atoms with E-state index in [1.54, 1.807) is 49.5 Å². The lowest BCUT2D eigenvalue weighted by atomic mass is 10.2. The van der Waals surface area contributed by atoms with Crippen molar-refractivity contribution < 1.29 is 17.9 Å². The van der Waals surface area contributed by atoms with Crippen LogP contribution < -0.4 is 19.1 Å². The van der Waals surface area contributed by atoms with E-state index in [9.17, 15) is 13.2 Å². The third kappa shape index (κ3) is 3.82. The van der Waals surface area contributed by atoms with Crippen molar-refractivity contribution in [3.8, 4) is 5.75 Å². The van der Waals surface area contributed by atoms with Gasteiger partial charge in [-0.3, -0.25) is 14.5 Å². The number of benzene rings is 1. The molecule has 2 aromatic rings. The minimum atomic E-state index is -3.62. The molecule has 2 N–H and O–H groups in total. The SMILES string of the molecule is C[C@@H](Oc1cccnc1)C(=O)NCCN1c2ccccc2NS1(=O)=O. The Kier molecular flexibility index (Phi) is 4.75. The number of fused-ring (bicyclic) bond motifs is 1. The number of carbonyl (C=O) groups excluding carboxylic acids is 1. The standard InChI is InChI=1S/C16H18N4O4S/c1-12(24-13-5-4-8-17-11-13)16(21)18-9-10-20-15-7-3-2-6-14(15)19-25(20,22)23/h2-8,11-12,19H,9-10H2,1H3,(H,18,21)/t12-/m1/s1. The lowest BCUT2D eigenvalue weighted by Crippen LogP contribution is -2.42. The molecular weight excluding hydrogens is 344 g/mol. The normalized spacial score (nSPS) is 15.8. The lowest BCUT2D eigenvalue weighted by Gasteiger charge is -2.18. The third-order valence-electron chi connectivity index (χ3n) is 3.63. The van der Waals surface area contributed by atoms with E-state index in [4.69, 9.17) is 4.74 Å². The summed E-state index contributed by atoms with van der Waals surface area (Å²) >= 11 is 0. The van der Waals surface area contributed by atoms with E-state index in [-0.39, 0.29) is 19.0 Å².